The van der Waals surface area contributed by atoms with E-state index in [0.29, 0.717) is 5.82 Å². The highest BCUT2D eigenvalue weighted by atomic mass is 15.3. The van der Waals surface area contributed by atoms with Crippen LogP contribution in [0.1, 0.15) is 0 Å². The van der Waals surface area contributed by atoms with Crippen molar-refractivity contribution in [3.05, 3.63) is 146 Å². The van der Waals surface area contributed by atoms with Gasteiger partial charge < -0.3 is 0 Å². The van der Waals surface area contributed by atoms with Crippen LogP contribution in [-0.2, 0) is 0 Å². The molecule has 4 aromatic heterocycles. The van der Waals surface area contributed by atoms with Crippen LogP contribution in [0.4, 0.5) is 0 Å². The molecule has 6 heteroatoms. The van der Waals surface area contributed by atoms with Gasteiger partial charge in [0, 0.05) is 28.3 Å². The smallest absolute Gasteiger partial charge is 0.222 e. The predicted molar refractivity (Wildman–Crippen MR) is 173 cm³/mol. The highest BCUT2D eigenvalue weighted by Gasteiger charge is 2.24. The molecule has 9 rings (SSSR count). The van der Waals surface area contributed by atoms with Crippen LogP contribution in [0.3, 0.4) is 0 Å². The summed E-state index contributed by atoms with van der Waals surface area (Å²) in [6.07, 6.45) is 0. The van der Waals surface area contributed by atoms with Gasteiger partial charge in [0.2, 0.25) is 5.78 Å². The number of fused-ring (bicyclic) bond motifs is 7. The van der Waals surface area contributed by atoms with E-state index >= 15 is 0 Å². The van der Waals surface area contributed by atoms with Crippen LogP contribution < -0.4 is 0 Å². The van der Waals surface area contributed by atoms with Gasteiger partial charge in [-0.15, -0.1) is 0 Å². The molecule has 43 heavy (non-hydrogen) atoms. The van der Waals surface area contributed by atoms with E-state index in [9.17, 15) is 0 Å². The van der Waals surface area contributed by atoms with Crippen molar-refractivity contribution in [2.24, 2.45) is 0 Å². The molecule has 0 N–H and O–H groups in total. The standard InChI is InChI=1S/C37H24N6/c1-4-14-25(15-5-1)29-24-33(39-35(38-29)26-16-6-2-7-17-26)42-30-21-11-10-20-28(30)34-36(42)40-37-41(27-18-8-3-9-19-27)31-22-12-13-23-32(31)43(34)37/h1-24H. The molecule has 0 unspecified atom stereocenters. The van der Waals surface area contributed by atoms with Gasteiger partial charge in [0.25, 0.3) is 0 Å². The monoisotopic (exact) mass is 552 g/mol. The largest absolute Gasteiger partial charge is 0.278 e. The summed E-state index contributed by atoms with van der Waals surface area (Å²) >= 11 is 0. The maximum Gasteiger partial charge on any atom is 0.222 e. The Morgan fingerprint density at radius 1 is 0.465 bits per heavy atom. The zero-order chi connectivity index (χ0) is 28.3. The summed E-state index contributed by atoms with van der Waals surface area (Å²) < 4.78 is 6.70. The predicted octanol–water partition coefficient (Wildman–Crippen LogP) is 8.50. The van der Waals surface area contributed by atoms with Gasteiger partial charge in [0.1, 0.15) is 11.3 Å². The quantitative estimate of drug-likeness (QED) is 0.220. The first kappa shape index (κ1) is 23.7. The van der Waals surface area contributed by atoms with Crippen LogP contribution in [0.2, 0.25) is 0 Å². The number of nitrogens with zero attached hydrogens (tertiary/aromatic N) is 6. The van der Waals surface area contributed by atoms with Gasteiger partial charge in [0.05, 0.1) is 22.2 Å². The van der Waals surface area contributed by atoms with Gasteiger partial charge in [-0.25, -0.2) is 9.97 Å². The van der Waals surface area contributed by atoms with E-state index in [2.05, 4.69) is 117 Å². The van der Waals surface area contributed by atoms with Gasteiger partial charge >= 0.3 is 0 Å². The lowest BCUT2D eigenvalue weighted by atomic mass is 10.1. The third-order valence-corrected chi connectivity index (χ3v) is 8.07. The molecule has 202 valence electrons. The molecule has 9 aromatic rings. The van der Waals surface area contributed by atoms with E-state index in [1.807, 2.05) is 42.5 Å². The molecule has 0 spiro atoms. The Balaban J connectivity index is 1.42. The molecule has 4 heterocycles. The van der Waals surface area contributed by atoms with Gasteiger partial charge in [-0.05, 0) is 30.3 Å². The number of para-hydroxylation sites is 4. The first-order valence-corrected chi connectivity index (χ1v) is 14.3. The van der Waals surface area contributed by atoms with Crippen LogP contribution in [0.25, 0.3) is 73.0 Å². The topological polar surface area (TPSA) is 52.9 Å². The molecule has 0 amide bonds. The third kappa shape index (κ3) is 3.57. The Hall–Kier alpha value is -6.01. The first-order valence-electron chi connectivity index (χ1n) is 14.3. The zero-order valence-corrected chi connectivity index (χ0v) is 23.0. The van der Waals surface area contributed by atoms with Crippen molar-refractivity contribution >= 4 is 38.9 Å². The number of aromatic nitrogens is 6. The van der Waals surface area contributed by atoms with Crippen molar-refractivity contribution in [2.75, 3.05) is 0 Å². The number of benzene rings is 5. The molecular formula is C37H24N6. The van der Waals surface area contributed by atoms with Crippen molar-refractivity contribution in [1.82, 2.24) is 28.5 Å². The molecule has 0 aliphatic rings. The highest BCUT2D eigenvalue weighted by Crippen LogP contribution is 2.37. The van der Waals surface area contributed by atoms with E-state index in [1.54, 1.807) is 0 Å². The van der Waals surface area contributed by atoms with Gasteiger partial charge in [0.15, 0.2) is 11.5 Å². The zero-order valence-electron chi connectivity index (χ0n) is 23.0. The molecule has 0 saturated heterocycles. The Labute approximate surface area is 246 Å². The Kier molecular flexibility index (Phi) is 5.10. The van der Waals surface area contributed by atoms with E-state index in [4.69, 9.17) is 15.0 Å². The molecule has 6 nitrogen and oxygen atoms in total. The van der Waals surface area contributed by atoms with Crippen LogP contribution in [-0.4, -0.2) is 28.5 Å². The van der Waals surface area contributed by atoms with E-state index < -0.39 is 0 Å². The number of imidazole rings is 2. The van der Waals surface area contributed by atoms with E-state index in [-0.39, 0.29) is 0 Å². The summed E-state index contributed by atoms with van der Waals surface area (Å²) in [6, 6.07) is 49.9. The van der Waals surface area contributed by atoms with Crippen molar-refractivity contribution in [3.63, 3.8) is 0 Å². The lowest BCUT2D eigenvalue weighted by molar-refractivity contribution is 1.03. The van der Waals surface area contributed by atoms with Crippen molar-refractivity contribution < 1.29 is 0 Å². The summed E-state index contributed by atoms with van der Waals surface area (Å²) in [5.74, 6) is 2.30. The van der Waals surface area contributed by atoms with Crippen LogP contribution >= 0.6 is 0 Å². The van der Waals surface area contributed by atoms with E-state index in [1.165, 1.54) is 0 Å². The fourth-order valence-corrected chi connectivity index (χ4v) is 6.19. The van der Waals surface area contributed by atoms with Crippen molar-refractivity contribution in [3.8, 4) is 34.2 Å². The number of rotatable bonds is 4. The highest BCUT2D eigenvalue weighted by molar-refractivity contribution is 6.09. The van der Waals surface area contributed by atoms with Gasteiger partial charge in [-0.1, -0.05) is 109 Å². The number of hydrogen-bond acceptors (Lipinski definition) is 3. The number of hydrogen-bond donors (Lipinski definition) is 0. The summed E-state index contributed by atoms with van der Waals surface area (Å²) in [5, 5.41) is 1.11. The Morgan fingerprint density at radius 2 is 1.07 bits per heavy atom. The fraction of sp³-hybridized carbons (Fsp3) is 0. The fourth-order valence-electron chi connectivity index (χ4n) is 6.19. The van der Waals surface area contributed by atoms with Crippen LogP contribution in [0, 0.1) is 0 Å². The summed E-state index contributed by atoms with van der Waals surface area (Å²) in [7, 11) is 0. The molecule has 0 atom stereocenters. The lowest BCUT2D eigenvalue weighted by Gasteiger charge is -2.11. The maximum atomic E-state index is 5.38. The normalized spacial score (nSPS) is 11.7. The minimum absolute atomic E-state index is 0.672. The lowest BCUT2D eigenvalue weighted by Crippen LogP contribution is -2.03. The Morgan fingerprint density at radius 3 is 1.81 bits per heavy atom. The maximum absolute atomic E-state index is 5.38. The third-order valence-electron chi connectivity index (χ3n) is 8.07. The Bertz CT molecular complexity index is 2380. The summed E-state index contributed by atoms with van der Waals surface area (Å²) in [6.45, 7) is 0. The van der Waals surface area contributed by atoms with Crippen molar-refractivity contribution in [1.29, 1.82) is 0 Å². The molecule has 0 bridgehead atoms. The molecule has 0 aliphatic carbocycles. The molecule has 0 aliphatic heterocycles. The first-order chi connectivity index (χ1) is 21.3. The summed E-state index contributed by atoms with van der Waals surface area (Å²) in [5.41, 5.74) is 9.08. The average molecular weight is 553 g/mol. The van der Waals surface area contributed by atoms with Gasteiger partial charge in [-0.2, -0.15) is 4.98 Å². The second-order valence-corrected chi connectivity index (χ2v) is 10.6. The second-order valence-electron chi connectivity index (χ2n) is 10.6. The van der Waals surface area contributed by atoms with E-state index in [0.717, 1.165) is 67.2 Å². The van der Waals surface area contributed by atoms with Crippen molar-refractivity contribution in [2.45, 2.75) is 0 Å². The molecule has 0 radical (unpaired) electrons. The van der Waals surface area contributed by atoms with Crippen LogP contribution in [0.5, 0.6) is 0 Å². The molecule has 0 fully saturated rings. The minimum Gasteiger partial charge on any atom is -0.278 e. The SMILES string of the molecule is c1ccc(-c2cc(-n3c4ccccc4c4c3nc3n(-c5ccccc5)c5ccccc5n43)nc(-c3ccccc3)n2)cc1. The average Bonchev–Trinajstić information content (AvgIpc) is 3.71. The minimum atomic E-state index is 0.672. The molecular weight excluding hydrogens is 528 g/mol. The molecule has 0 saturated carbocycles. The van der Waals surface area contributed by atoms with Crippen LogP contribution in [0.15, 0.2) is 146 Å². The molecule has 5 aromatic carbocycles. The second kappa shape index (κ2) is 9.26. The summed E-state index contributed by atoms with van der Waals surface area (Å²) in [4.78, 5) is 15.6. The van der Waals surface area contributed by atoms with Gasteiger partial charge in [-0.3, -0.25) is 13.5 Å².